The second-order valence-electron chi connectivity index (χ2n) is 7.68. The minimum atomic E-state index is 1.09. The smallest absolute Gasteiger partial charge is 0.0540 e. The van der Waals surface area contributed by atoms with E-state index in [0.29, 0.717) is 0 Å². The molecular formula is C30H22BrN. The van der Waals surface area contributed by atoms with Crippen molar-refractivity contribution < 1.29 is 0 Å². The van der Waals surface area contributed by atoms with Gasteiger partial charge in [-0.2, -0.15) is 0 Å². The van der Waals surface area contributed by atoms with Gasteiger partial charge in [0, 0.05) is 21.2 Å². The zero-order chi connectivity index (χ0) is 21.9. The lowest BCUT2D eigenvalue weighted by Crippen LogP contribution is -2.10. The summed E-state index contributed by atoms with van der Waals surface area (Å²) in [7, 11) is 0. The van der Waals surface area contributed by atoms with Gasteiger partial charge in [0.1, 0.15) is 0 Å². The van der Waals surface area contributed by atoms with Crippen LogP contribution in [0.3, 0.4) is 0 Å². The minimum absolute atomic E-state index is 1.09. The molecule has 5 aromatic carbocycles. The van der Waals surface area contributed by atoms with Gasteiger partial charge >= 0.3 is 0 Å². The Hall–Kier alpha value is -3.62. The number of fused-ring (bicyclic) bond motifs is 1. The van der Waals surface area contributed by atoms with Crippen molar-refractivity contribution in [2.45, 2.75) is 0 Å². The molecule has 32 heavy (non-hydrogen) atoms. The van der Waals surface area contributed by atoms with Crippen molar-refractivity contribution in [2.24, 2.45) is 0 Å². The van der Waals surface area contributed by atoms with Crippen molar-refractivity contribution in [3.63, 3.8) is 0 Å². The molecule has 0 aliphatic heterocycles. The summed E-state index contributed by atoms with van der Waals surface area (Å²) in [6, 6.07) is 40.7. The van der Waals surface area contributed by atoms with Gasteiger partial charge < -0.3 is 4.90 Å². The molecule has 0 spiro atoms. The molecule has 2 heteroatoms. The zero-order valence-electron chi connectivity index (χ0n) is 17.6. The molecule has 0 aliphatic rings. The second-order valence-corrected chi connectivity index (χ2v) is 8.60. The first-order valence-electron chi connectivity index (χ1n) is 10.6. The molecule has 154 valence electrons. The van der Waals surface area contributed by atoms with Crippen molar-refractivity contribution in [3.05, 3.63) is 132 Å². The topological polar surface area (TPSA) is 3.24 Å². The molecule has 0 aliphatic carbocycles. The molecule has 0 saturated carbocycles. The van der Waals surface area contributed by atoms with Crippen LogP contribution in [0, 0.1) is 0 Å². The SMILES string of the molecule is C=Cc1ccc(N(c2ccc(-c3ccc(Br)cc3)cc2)c2cccc3ccccc23)cc1. The molecule has 0 amide bonds. The molecule has 5 aromatic rings. The molecule has 0 unspecified atom stereocenters. The highest BCUT2D eigenvalue weighted by Gasteiger charge is 2.15. The van der Waals surface area contributed by atoms with Crippen LogP contribution in [-0.2, 0) is 0 Å². The number of hydrogen-bond acceptors (Lipinski definition) is 1. The van der Waals surface area contributed by atoms with E-state index < -0.39 is 0 Å². The highest BCUT2D eigenvalue weighted by atomic mass is 79.9. The maximum Gasteiger partial charge on any atom is 0.0540 e. The van der Waals surface area contributed by atoms with Gasteiger partial charge in [-0.25, -0.2) is 0 Å². The van der Waals surface area contributed by atoms with E-state index in [1.165, 1.54) is 21.9 Å². The van der Waals surface area contributed by atoms with Crippen LogP contribution in [0.2, 0.25) is 0 Å². The van der Waals surface area contributed by atoms with E-state index in [1.807, 2.05) is 6.08 Å². The van der Waals surface area contributed by atoms with Crippen LogP contribution in [0.5, 0.6) is 0 Å². The first-order chi connectivity index (χ1) is 15.7. The molecule has 0 radical (unpaired) electrons. The molecule has 0 fully saturated rings. The highest BCUT2D eigenvalue weighted by Crippen LogP contribution is 2.39. The van der Waals surface area contributed by atoms with Crippen LogP contribution in [-0.4, -0.2) is 0 Å². The molecule has 0 bridgehead atoms. The van der Waals surface area contributed by atoms with Crippen LogP contribution in [0.1, 0.15) is 5.56 Å². The molecule has 0 saturated heterocycles. The second kappa shape index (κ2) is 8.86. The molecule has 0 heterocycles. The molecule has 0 atom stereocenters. The Bertz CT molecular complexity index is 1360. The fourth-order valence-electron chi connectivity index (χ4n) is 4.04. The third kappa shape index (κ3) is 3.98. The van der Waals surface area contributed by atoms with E-state index >= 15 is 0 Å². The van der Waals surface area contributed by atoms with Crippen molar-refractivity contribution in [1.29, 1.82) is 0 Å². The van der Waals surface area contributed by atoms with E-state index in [1.54, 1.807) is 0 Å². The predicted octanol–water partition coefficient (Wildman–Crippen LogP) is 9.38. The monoisotopic (exact) mass is 475 g/mol. The largest absolute Gasteiger partial charge is 0.310 e. The van der Waals surface area contributed by atoms with Crippen LogP contribution in [0.4, 0.5) is 17.1 Å². The van der Waals surface area contributed by atoms with Crippen molar-refractivity contribution >= 4 is 49.8 Å². The lowest BCUT2D eigenvalue weighted by Gasteiger charge is -2.27. The summed E-state index contributed by atoms with van der Waals surface area (Å²) in [5.74, 6) is 0. The summed E-state index contributed by atoms with van der Waals surface area (Å²) in [5.41, 5.74) is 6.90. The fourth-order valence-corrected chi connectivity index (χ4v) is 4.30. The summed E-state index contributed by atoms with van der Waals surface area (Å²) in [6.45, 7) is 3.89. The summed E-state index contributed by atoms with van der Waals surface area (Å²) < 4.78 is 1.09. The fraction of sp³-hybridized carbons (Fsp3) is 0. The molecule has 0 aromatic heterocycles. The third-order valence-corrected chi connectivity index (χ3v) is 6.23. The average molecular weight is 476 g/mol. The lowest BCUT2D eigenvalue weighted by molar-refractivity contribution is 1.30. The standard InChI is InChI=1S/C30H22BrN/c1-2-22-10-18-27(19-11-22)32(30-9-5-7-25-6-3-4-8-29(25)30)28-20-14-24(15-21-28)23-12-16-26(31)17-13-23/h2-21H,1H2. The summed E-state index contributed by atoms with van der Waals surface area (Å²) in [5, 5.41) is 2.45. The lowest BCUT2D eigenvalue weighted by atomic mass is 10.0. The third-order valence-electron chi connectivity index (χ3n) is 5.70. The number of hydrogen-bond donors (Lipinski definition) is 0. The Balaban J connectivity index is 1.64. The highest BCUT2D eigenvalue weighted by molar-refractivity contribution is 9.10. The van der Waals surface area contributed by atoms with E-state index in [-0.39, 0.29) is 0 Å². The Morgan fingerprint density at radius 3 is 1.81 bits per heavy atom. The minimum Gasteiger partial charge on any atom is -0.310 e. The molecule has 5 rings (SSSR count). The Morgan fingerprint density at radius 2 is 1.16 bits per heavy atom. The van der Waals surface area contributed by atoms with Crippen molar-refractivity contribution in [2.75, 3.05) is 4.90 Å². The number of halogens is 1. The number of benzene rings is 5. The van der Waals surface area contributed by atoms with Gasteiger partial charge in [0.05, 0.1) is 5.69 Å². The Morgan fingerprint density at radius 1 is 0.594 bits per heavy atom. The maximum absolute atomic E-state index is 3.89. The van der Waals surface area contributed by atoms with E-state index in [4.69, 9.17) is 0 Å². The van der Waals surface area contributed by atoms with Gasteiger partial charge in [0.15, 0.2) is 0 Å². The normalized spacial score (nSPS) is 10.8. The summed E-state index contributed by atoms with van der Waals surface area (Å²) >= 11 is 3.52. The van der Waals surface area contributed by atoms with Gasteiger partial charge in [-0.3, -0.25) is 0 Å². The maximum atomic E-state index is 3.89. The summed E-state index contributed by atoms with van der Waals surface area (Å²) in [6.07, 6.45) is 1.87. The van der Waals surface area contributed by atoms with Gasteiger partial charge in [-0.15, -0.1) is 0 Å². The van der Waals surface area contributed by atoms with Crippen molar-refractivity contribution in [3.8, 4) is 11.1 Å². The molecular weight excluding hydrogens is 454 g/mol. The Kier molecular flexibility index (Phi) is 5.62. The van der Waals surface area contributed by atoms with Gasteiger partial charge in [0.25, 0.3) is 0 Å². The van der Waals surface area contributed by atoms with Crippen LogP contribution in [0.25, 0.3) is 28.0 Å². The van der Waals surface area contributed by atoms with E-state index in [2.05, 4.69) is 143 Å². The Labute approximate surface area is 197 Å². The molecule has 0 N–H and O–H groups in total. The van der Waals surface area contributed by atoms with Gasteiger partial charge in [-0.1, -0.05) is 101 Å². The first-order valence-corrected chi connectivity index (χ1v) is 11.4. The zero-order valence-corrected chi connectivity index (χ0v) is 19.2. The van der Waals surface area contributed by atoms with Crippen LogP contribution < -0.4 is 4.90 Å². The number of rotatable bonds is 5. The van der Waals surface area contributed by atoms with E-state index in [0.717, 1.165) is 27.1 Å². The van der Waals surface area contributed by atoms with Gasteiger partial charge in [-0.05, 0) is 64.5 Å². The van der Waals surface area contributed by atoms with Gasteiger partial charge in [0.2, 0.25) is 0 Å². The average Bonchev–Trinajstić information content (AvgIpc) is 2.86. The quantitative estimate of drug-likeness (QED) is 0.244. The number of nitrogens with zero attached hydrogens (tertiary/aromatic N) is 1. The van der Waals surface area contributed by atoms with Crippen molar-refractivity contribution in [1.82, 2.24) is 0 Å². The molecule has 1 nitrogen and oxygen atoms in total. The van der Waals surface area contributed by atoms with E-state index in [9.17, 15) is 0 Å². The number of anilines is 3. The van der Waals surface area contributed by atoms with Crippen LogP contribution in [0.15, 0.2) is 126 Å². The predicted molar refractivity (Wildman–Crippen MR) is 142 cm³/mol. The summed E-state index contributed by atoms with van der Waals surface area (Å²) in [4.78, 5) is 2.32. The van der Waals surface area contributed by atoms with Crippen LogP contribution >= 0.6 is 15.9 Å². The first kappa shape index (κ1) is 20.3.